The van der Waals surface area contributed by atoms with Crippen LogP contribution in [0, 0.1) is 6.92 Å². The van der Waals surface area contributed by atoms with Gasteiger partial charge in [-0.25, -0.2) is 4.98 Å². The number of aromatic nitrogens is 1. The lowest BCUT2D eigenvalue weighted by molar-refractivity contribution is -0.139. The molecule has 8 heteroatoms. The van der Waals surface area contributed by atoms with Gasteiger partial charge in [-0.1, -0.05) is 29.8 Å². The van der Waals surface area contributed by atoms with Gasteiger partial charge in [0.1, 0.15) is 6.61 Å². The summed E-state index contributed by atoms with van der Waals surface area (Å²) in [5, 5.41) is 6.59. The van der Waals surface area contributed by atoms with Crippen LogP contribution in [-0.2, 0) is 22.6 Å². The van der Waals surface area contributed by atoms with E-state index in [1.165, 1.54) is 24.0 Å². The summed E-state index contributed by atoms with van der Waals surface area (Å²) < 4.78 is 16.0. The number of methoxy groups -OCH3 is 2. The highest BCUT2D eigenvalue weighted by Gasteiger charge is 2.08. The van der Waals surface area contributed by atoms with E-state index in [4.69, 9.17) is 9.47 Å². The molecule has 7 nitrogen and oxygen atoms in total. The zero-order valence-corrected chi connectivity index (χ0v) is 17.9. The predicted octanol–water partition coefficient (Wildman–Crippen LogP) is 4.20. The Hall–Kier alpha value is -3.39. The monoisotopic (exact) mass is 425 g/mol. The van der Waals surface area contributed by atoms with E-state index in [0.29, 0.717) is 28.9 Å². The molecule has 1 heterocycles. The van der Waals surface area contributed by atoms with Crippen molar-refractivity contribution in [3.63, 3.8) is 0 Å². The van der Waals surface area contributed by atoms with Gasteiger partial charge in [-0.05, 0) is 36.2 Å². The van der Waals surface area contributed by atoms with Crippen molar-refractivity contribution >= 4 is 28.7 Å². The van der Waals surface area contributed by atoms with Crippen LogP contribution in [0.4, 0.5) is 5.13 Å². The number of rotatable bonds is 9. The minimum Gasteiger partial charge on any atom is -0.493 e. The third-order valence-electron chi connectivity index (χ3n) is 4.18. The summed E-state index contributed by atoms with van der Waals surface area (Å²) in [7, 11) is 2.96. The lowest BCUT2D eigenvalue weighted by atomic mass is 10.1. The van der Waals surface area contributed by atoms with E-state index in [1.807, 2.05) is 30.3 Å². The number of aryl methyl sites for hydroxylation is 1. The van der Waals surface area contributed by atoms with E-state index in [9.17, 15) is 4.79 Å². The average Bonchev–Trinajstić information content (AvgIpc) is 3.20. The number of thiazole rings is 1. The van der Waals surface area contributed by atoms with Gasteiger partial charge in [0.25, 0.3) is 0 Å². The lowest BCUT2D eigenvalue weighted by Gasteiger charge is -2.11. The highest BCUT2D eigenvalue weighted by atomic mass is 32.1. The normalized spacial score (nSPS) is 10.8. The predicted molar refractivity (Wildman–Crippen MR) is 118 cm³/mol. The number of benzene rings is 2. The molecule has 3 rings (SSSR count). The average molecular weight is 426 g/mol. The van der Waals surface area contributed by atoms with Gasteiger partial charge >= 0.3 is 5.97 Å². The second-order valence-corrected chi connectivity index (χ2v) is 7.31. The number of nitrogens with zero attached hydrogens (tertiary/aromatic N) is 2. The van der Waals surface area contributed by atoms with Gasteiger partial charge in [0.15, 0.2) is 11.5 Å². The van der Waals surface area contributed by atoms with Crippen LogP contribution in [0.2, 0.25) is 0 Å². The molecule has 1 aromatic heterocycles. The van der Waals surface area contributed by atoms with E-state index >= 15 is 0 Å². The fourth-order valence-electron chi connectivity index (χ4n) is 2.55. The molecule has 0 aliphatic heterocycles. The van der Waals surface area contributed by atoms with Gasteiger partial charge in [-0.3, -0.25) is 10.2 Å². The Morgan fingerprint density at radius 3 is 2.70 bits per heavy atom. The van der Waals surface area contributed by atoms with Gasteiger partial charge in [0.05, 0.1) is 32.5 Å². The molecule has 156 valence electrons. The first-order valence-corrected chi connectivity index (χ1v) is 10.1. The van der Waals surface area contributed by atoms with Gasteiger partial charge in [-0.15, -0.1) is 11.3 Å². The Bertz CT molecular complexity index is 1020. The summed E-state index contributed by atoms with van der Waals surface area (Å²) in [6.45, 7) is 2.49. The fourth-order valence-corrected chi connectivity index (χ4v) is 3.21. The summed E-state index contributed by atoms with van der Waals surface area (Å²) in [5.74, 6) is 0.961. The SMILES string of the molecule is COC(=O)Cc1csc(N/N=C\c2ccc(OC)c(OCc3ccc(C)cc3)c2)n1. The van der Waals surface area contributed by atoms with Crippen molar-refractivity contribution in [1.29, 1.82) is 0 Å². The van der Waals surface area contributed by atoms with Crippen molar-refractivity contribution in [1.82, 2.24) is 4.98 Å². The molecule has 0 amide bonds. The number of esters is 1. The van der Waals surface area contributed by atoms with E-state index < -0.39 is 0 Å². The molecule has 0 unspecified atom stereocenters. The second-order valence-electron chi connectivity index (χ2n) is 6.45. The largest absolute Gasteiger partial charge is 0.493 e. The summed E-state index contributed by atoms with van der Waals surface area (Å²) in [5.41, 5.74) is 6.64. The molecule has 0 radical (unpaired) electrons. The van der Waals surface area contributed by atoms with Crippen molar-refractivity contribution in [3.05, 3.63) is 70.2 Å². The first-order chi connectivity index (χ1) is 14.6. The van der Waals surface area contributed by atoms with Crippen molar-refractivity contribution < 1.29 is 19.0 Å². The molecule has 0 fully saturated rings. The summed E-state index contributed by atoms with van der Waals surface area (Å²) in [6, 6.07) is 13.8. The maximum absolute atomic E-state index is 11.3. The number of hydrogen-bond acceptors (Lipinski definition) is 8. The first kappa shape index (κ1) is 21.3. The van der Waals surface area contributed by atoms with Crippen LogP contribution in [0.25, 0.3) is 0 Å². The van der Waals surface area contributed by atoms with E-state index in [2.05, 4.69) is 39.3 Å². The maximum Gasteiger partial charge on any atom is 0.311 e. The molecule has 0 atom stereocenters. The Labute approximate surface area is 179 Å². The lowest BCUT2D eigenvalue weighted by Crippen LogP contribution is -2.04. The Kier molecular flexibility index (Phi) is 7.40. The van der Waals surface area contributed by atoms with E-state index in [0.717, 1.165) is 11.1 Å². The number of hydrogen-bond donors (Lipinski definition) is 1. The zero-order valence-electron chi connectivity index (χ0n) is 17.0. The van der Waals surface area contributed by atoms with Crippen LogP contribution in [-0.4, -0.2) is 31.4 Å². The first-order valence-electron chi connectivity index (χ1n) is 9.24. The standard InChI is InChI=1S/C22H23N3O4S/c1-15-4-6-16(7-5-15)13-29-20-10-17(8-9-19(20)27-2)12-23-25-22-24-18(14-30-22)11-21(26)28-3/h4-10,12,14H,11,13H2,1-3H3,(H,24,25)/b23-12-. The molecule has 1 N–H and O–H groups in total. The molecule has 2 aromatic carbocycles. The molecule has 0 bridgehead atoms. The van der Waals surface area contributed by atoms with Crippen molar-refractivity contribution in [3.8, 4) is 11.5 Å². The molecule has 0 saturated heterocycles. The zero-order chi connectivity index (χ0) is 21.3. The second kappa shape index (κ2) is 10.4. The Balaban J connectivity index is 1.62. The topological polar surface area (TPSA) is 82.0 Å². The van der Waals surface area contributed by atoms with Gasteiger partial charge in [-0.2, -0.15) is 5.10 Å². The minimum absolute atomic E-state index is 0.137. The number of hydrazone groups is 1. The molecule has 30 heavy (non-hydrogen) atoms. The fraction of sp³-hybridized carbons (Fsp3) is 0.227. The third kappa shape index (κ3) is 6.05. The minimum atomic E-state index is -0.327. The maximum atomic E-state index is 11.3. The number of ether oxygens (including phenoxy) is 3. The molecule has 0 spiro atoms. The summed E-state index contributed by atoms with van der Waals surface area (Å²) in [4.78, 5) is 15.6. The molecule has 0 saturated carbocycles. The quantitative estimate of drug-likeness (QED) is 0.314. The molecule has 0 aliphatic rings. The third-order valence-corrected chi connectivity index (χ3v) is 4.98. The van der Waals surface area contributed by atoms with Crippen LogP contribution in [0.3, 0.4) is 0 Å². The van der Waals surface area contributed by atoms with Gasteiger partial charge < -0.3 is 14.2 Å². The van der Waals surface area contributed by atoms with Crippen LogP contribution in [0.15, 0.2) is 52.9 Å². The molecule has 3 aromatic rings. The number of carbonyl (C=O) groups excluding carboxylic acids is 1. The molecular formula is C22H23N3O4S. The van der Waals surface area contributed by atoms with Crippen LogP contribution >= 0.6 is 11.3 Å². The van der Waals surface area contributed by atoms with Crippen molar-refractivity contribution in [2.24, 2.45) is 5.10 Å². The Morgan fingerprint density at radius 2 is 1.97 bits per heavy atom. The highest BCUT2D eigenvalue weighted by molar-refractivity contribution is 7.13. The summed E-state index contributed by atoms with van der Waals surface area (Å²) in [6.07, 6.45) is 1.80. The molecular weight excluding hydrogens is 402 g/mol. The van der Waals surface area contributed by atoms with Gasteiger partial charge in [0, 0.05) is 5.38 Å². The van der Waals surface area contributed by atoms with Gasteiger partial charge in [0.2, 0.25) is 5.13 Å². The van der Waals surface area contributed by atoms with E-state index in [1.54, 1.807) is 18.7 Å². The smallest absolute Gasteiger partial charge is 0.311 e. The van der Waals surface area contributed by atoms with Crippen LogP contribution in [0.1, 0.15) is 22.4 Å². The van der Waals surface area contributed by atoms with Crippen LogP contribution < -0.4 is 14.9 Å². The Morgan fingerprint density at radius 1 is 1.17 bits per heavy atom. The molecule has 0 aliphatic carbocycles. The summed E-state index contributed by atoms with van der Waals surface area (Å²) >= 11 is 1.36. The van der Waals surface area contributed by atoms with Crippen molar-refractivity contribution in [2.45, 2.75) is 20.0 Å². The number of anilines is 1. The number of carbonyl (C=O) groups is 1. The van der Waals surface area contributed by atoms with Crippen LogP contribution in [0.5, 0.6) is 11.5 Å². The van der Waals surface area contributed by atoms with Crippen molar-refractivity contribution in [2.75, 3.05) is 19.6 Å². The number of nitrogens with one attached hydrogen (secondary N) is 1. The van der Waals surface area contributed by atoms with E-state index in [-0.39, 0.29) is 12.4 Å². The highest BCUT2D eigenvalue weighted by Crippen LogP contribution is 2.28.